The zero-order valence-electron chi connectivity index (χ0n) is 15.2. The SMILES string of the molecule is CCn1c(C(=O)NCCc2c[nH]c3ccccc23)c(C)c2ccccc21. The molecule has 0 unspecified atom stereocenters. The van der Waals surface area contributed by atoms with Gasteiger partial charge < -0.3 is 14.9 Å². The molecule has 4 nitrogen and oxygen atoms in total. The van der Waals surface area contributed by atoms with E-state index in [2.05, 4.69) is 46.1 Å². The van der Waals surface area contributed by atoms with Crippen LogP contribution in [0, 0.1) is 6.92 Å². The molecule has 2 aromatic heterocycles. The van der Waals surface area contributed by atoms with E-state index in [1.165, 1.54) is 10.9 Å². The van der Waals surface area contributed by atoms with Crippen LogP contribution in [0.2, 0.25) is 0 Å². The van der Waals surface area contributed by atoms with E-state index in [-0.39, 0.29) is 5.91 Å². The van der Waals surface area contributed by atoms with Crippen LogP contribution in [0.1, 0.15) is 28.5 Å². The number of hydrogen-bond acceptors (Lipinski definition) is 1. The zero-order valence-corrected chi connectivity index (χ0v) is 15.2. The Morgan fingerprint density at radius 3 is 2.62 bits per heavy atom. The lowest BCUT2D eigenvalue weighted by Gasteiger charge is -2.10. The van der Waals surface area contributed by atoms with Gasteiger partial charge in [0.05, 0.1) is 0 Å². The van der Waals surface area contributed by atoms with E-state index in [1.807, 2.05) is 37.4 Å². The molecule has 1 amide bonds. The molecule has 2 aromatic carbocycles. The number of H-pyrrole nitrogens is 1. The lowest BCUT2D eigenvalue weighted by Crippen LogP contribution is -2.28. The van der Waals surface area contributed by atoms with E-state index in [0.717, 1.165) is 40.6 Å². The maximum Gasteiger partial charge on any atom is 0.268 e. The number of para-hydroxylation sites is 2. The van der Waals surface area contributed by atoms with Crippen LogP contribution >= 0.6 is 0 Å². The van der Waals surface area contributed by atoms with Gasteiger partial charge >= 0.3 is 0 Å². The van der Waals surface area contributed by atoms with Crippen molar-refractivity contribution in [1.82, 2.24) is 14.9 Å². The first kappa shape index (κ1) is 16.5. The van der Waals surface area contributed by atoms with E-state index in [0.29, 0.717) is 6.54 Å². The minimum Gasteiger partial charge on any atom is -0.361 e. The molecule has 0 spiro atoms. The van der Waals surface area contributed by atoms with Crippen molar-refractivity contribution in [1.29, 1.82) is 0 Å². The van der Waals surface area contributed by atoms with E-state index in [1.54, 1.807) is 0 Å². The average Bonchev–Trinajstić information content (AvgIpc) is 3.21. The molecule has 0 bridgehead atoms. The summed E-state index contributed by atoms with van der Waals surface area (Å²) in [7, 11) is 0. The summed E-state index contributed by atoms with van der Waals surface area (Å²) < 4.78 is 2.10. The van der Waals surface area contributed by atoms with Crippen LogP contribution in [0.15, 0.2) is 54.7 Å². The summed E-state index contributed by atoms with van der Waals surface area (Å²) in [6.07, 6.45) is 2.84. The molecule has 4 aromatic rings. The standard InChI is InChI=1S/C22H23N3O/c1-3-25-20-11-7-5-8-17(20)15(2)21(25)22(26)23-13-12-16-14-24-19-10-6-4-9-18(16)19/h4-11,14,24H,3,12-13H2,1-2H3,(H,23,26). The van der Waals surface area contributed by atoms with Crippen molar-refractivity contribution >= 4 is 27.7 Å². The first-order valence-electron chi connectivity index (χ1n) is 9.11. The third-order valence-electron chi connectivity index (χ3n) is 5.11. The minimum atomic E-state index is 0.000362. The van der Waals surface area contributed by atoms with Crippen LogP contribution in [0.5, 0.6) is 0 Å². The smallest absolute Gasteiger partial charge is 0.268 e. The quantitative estimate of drug-likeness (QED) is 0.552. The molecule has 0 fully saturated rings. The first-order valence-corrected chi connectivity index (χ1v) is 9.11. The zero-order chi connectivity index (χ0) is 18.1. The fourth-order valence-corrected chi connectivity index (χ4v) is 3.83. The fraction of sp³-hybridized carbons (Fsp3) is 0.227. The van der Waals surface area contributed by atoms with Crippen LogP contribution in [0.3, 0.4) is 0 Å². The predicted molar refractivity (Wildman–Crippen MR) is 107 cm³/mol. The number of carbonyl (C=O) groups is 1. The van der Waals surface area contributed by atoms with Gasteiger partial charge in [0.15, 0.2) is 0 Å². The number of aryl methyl sites for hydroxylation is 2. The molecule has 4 rings (SSSR count). The molecule has 26 heavy (non-hydrogen) atoms. The fourth-order valence-electron chi connectivity index (χ4n) is 3.83. The molecule has 0 aliphatic heterocycles. The Balaban J connectivity index is 1.54. The Labute approximate surface area is 152 Å². The second-order valence-corrected chi connectivity index (χ2v) is 6.60. The summed E-state index contributed by atoms with van der Waals surface area (Å²) in [6, 6.07) is 16.5. The summed E-state index contributed by atoms with van der Waals surface area (Å²) in [6.45, 7) is 5.50. The number of amides is 1. The van der Waals surface area contributed by atoms with Gasteiger partial charge in [-0.3, -0.25) is 4.79 Å². The Bertz CT molecular complexity index is 1090. The molecule has 0 saturated carbocycles. The highest BCUT2D eigenvalue weighted by molar-refractivity contribution is 6.01. The topological polar surface area (TPSA) is 49.8 Å². The second kappa shape index (κ2) is 6.71. The maximum absolute atomic E-state index is 12.9. The Morgan fingerprint density at radius 2 is 1.81 bits per heavy atom. The number of carbonyl (C=O) groups excluding carboxylic acids is 1. The molecule has 4 heteroatoms. The largest absolute Gasteiger partial charge is 0.361 e. The Kier molecular flexibility index (Phi) is 4.25. The normalized spacial score (nSPS) is 11.3. The van der Waals surface area contributed by atoms with Crippen molar-refractivity contribution in [2.45, 2.75) is 26.8 Å². The molecule has 2 N–H and O–H groups in total. The van der Waals surface area contributed by atoms with Crippen LogP contribution in [-0.2, 0) is 13.0 Å². The van der Waals surface area contributed by atoms with Gasteiger partial charge in [0.2, 0.25) is 0 Å². The number of rotatable bonds is 5. The summed E-state index contributed by atoms with van der Waals surface area (Å²) in [4.78, 5) is 16.2. The van der Waals surface area contributed by atoms with Crippen molar-refractivity contribution in [2.24, 2.45) is 0 Å². The van der Waals surface area contributed by atoms with Crippen molar-refractivity contribution in [3.63, 3.8) is 0 Å². The molecular formula is C22H23N3O. The molecule has 0 aliphatic carbocycles. The van der Waals surface area contributed by atoms with Crippen LogP contribution in [0.4, 0.5) is 0 Å². The lowest BCUT2D eigenvalue weighted by molar-refractivity contribution is 0.0945. The maximum atomic E-state index is 12.9. The molecule has 0 saturated heterocycles. The third-order valence-corrected chi connectivity index (χ3v) is 5.11. The van der Waals surface area contributed by atoms with Gasteiger partial charge in [0.25, 0.3) is 5.91 Å². The number of nitrogens with zero attached hydrogens (tertiary/aromatic N) is 1. The number of nitrogens with one attached hydrogen (secondary N) is 2. The molecule has 0 atom stereocenters. The first-order chi connectivity index (χ1) is 12.7. The van der Waals surface area contributed by atoms with Gasteiger partial charge in [0, 0.05) is 41.1 Å². The highest BCUT2D eigenvalue weighted by atomic mass is 16.1. The average molecular weight is 345 g/mol. The van der Waals surface area contributed by atoms with Crippen LogP contribution in [0.25, 0.3) is 21.8 Å². The van der Waals surface area contributed by atoms with Gasteiger partial charge in [-0.1, -0.05) is 36.4 Å². The summed E-state index contributed by atoms with van der Waals surface area (Å²) in [5.41, 5.74) is 5.30. The molecule has 132 valence electrons. The van der Waals surface area contributed by atoms with E-state index >= 15 is 0 Å². The van der Waals surface area contributed by atoms with Gasteiger partial charge in [-0.2, -0.15) is 0 Å². The van der Waals surface area contributed by atoms with Crippen molar-refractivity contribution in [2.75, 3.05) is 6.54 Å². The number of benzene rings is 2. The number of aromatic amines is 1. The van der Waals surface area contributed by atoms with E-state index in [9.17, 15) is 4.79 Å². The summed E-state index contributed by atoms with van der Waals surface area (Å²) in [5.74, 6) is 0.000362. The van der Waals surface area contributed by atoms with E-state index < -0.39 is 0 Å². The number of aromatic nitrogens is 2. The van der Waals surface area contributed by atoms with Crippen molar-refractivity contribution in [3.05, 3.63) is 71.5 Å². The molecular weight excluding hydrogens is 322 g/mol. The van der Waals surface area contributed by atoms with Crippen LogP contribution in [-0.4, -0.2) is 22.0 Å². The van der Waals surface area contributed by atoms with E-state index in [4.69, 9.17) is 0 Å². The lowest BCUT2D eigenvalue weighted by atomic mass is 10.1. The Morgan fingerprint density at radius 1 is 1.08 bits per heavy atom. The molecule has 0 radical (unpaired) electrons. The monoisotopic (exact) mass is 345 g/mol. The molecule has 2 heterocycles. The Hall–Kier alpha value is -3.01. The highest BCUT2D eigenvalue weighted by Crippen LogP contribution is 2.25. The molecule has 0 aliphatic rings. The minimum absolute atomic E-state index is 0.000362. The van der Waals surface area contributed by atoms with Crippen LogP contribution < -0.4 is 5.32 Å². The highest BCUT2D eigenvalue weighted by Gasteiger charge is 2.18. The van der Waals surface area contributed by atoms with Gasteiger partial charge in [-0.05, 0) is 43.5 Å². The van der Waals surface area contributed by atoms with Crippen molar-refractivity contribution < 1.29 is 4.79 Å². The van der Waals surface area contributed by atoms with Crippen molar-refractivity contribution in [3.8, 4) is 0 Å². The van der Waals surface area contributed by atoms with Gasteiger partial charge in [-0.15, -0.1) is 0 Å². The summed E-state index contributed by atoms with van der Waals surface area (Å²) >= 11 is 0. The summed E-state index contributed by atoms with van der Waals surface area (Å²) in [5, 5.41) is 5.48. The van der Waals surface area contributed by atoms with Gasteiger partial charge in [0.1, 0.15) is 5.69 Å². The number of fused-ring (bicyclic) bond motifs is 2. The predicted octanol–water partition coefficient (Wildman–Crippen LogP) is 4.42. The second-order valence-electron chi connectivity index (χ2n) is 6.60. The third kappa shape index (κ3) is 2.68. The number of hydrogen-bond donors (Lipinski definition) is 2. The van der Waals surface area contributed by atoms with Gasteiger partial charge in [-0.25, -0.2) is 0 Å².